The van der Waals surface area contributed by atoms with E-state index in [-0.39, 0.29) is 93.0 Å². The minimum absolute atomic E-state index is 0. The van der Waals surface area contributed by atoms with E-state index in [1.807, 2.05) is 151 Å². The number of hydrogen-bond acceptors (Lipinski definition) is 28. The molecule has 35 nitrogen and oxygen atoms in total. The molecule has 0 bridgehead atoms. The monoisotopic (exact) mass is 2370 g/mol. The number of piperidine rings is 3. The summed E-state index contributed by atoms with van der Waals surface area (Å²) in [5, 5.41) is 8.25. The largest absolute Gasteiger partial charge is 0.498 e. The number of halogens is 13. The summed E-state index contributed by atoms with van der Waals surface area (Å²) in [5.74, 6) is 12.5. The maximum Gasteiger partial charge on any atom is 0.498 e. The summed E-state index contributed by atoms with van der Waals surface area (Å²) >= 11 is 67.9. The molecule has 52 heteroatoms. The second kappa shape index (κ2) is 47.0. The van der Waals surface area contributed by atoms with Crippen molar-refractivity contribution >= 4 is 271 Å². The van der Waals surface area contributed by atoms with Crippen LogP contribution < -0.4 is 81.2 Å². The maximum absolute atomic E-state index is 12.8. The van der Waals surface area contributed by atoms with Gasteiger partial charge in [-0.2, -0.15) is 0 Å². The molecule has 16 heterocycles. The van der Waals surface area contributed by atoms with Gasteiger partial charge in [-0.15, -0.1) is 12.4 Å². The molecule has 5 aliphatic heterocycles. The molecule has 5 saturated heterocycles. The summed E-state index contributed by atoms with van der Waals surface area (Å²) in [4.78, 5) is 55.7. The molecule has 19 rings (SSSR count). The molecule has 3 aliphatic carbocycles. The van der Waals surface area contributed by atoms with Gasteiger partial charge in [-0.1, -0.05) is 146 Å². The SMILES string of the molecule is CC1(C)OB(c2cnc(N)c(Cl)c2Cl)OC1(C)C.CC1(C)OB(c2cnc(N)c(Cl)c2Cl)OC1(C)C.Cc1nc(N2CCC3(CCC[C@H]3N)CC2)n2ccnc2c1-c1cnc(N)c(Cl)c1Cl.Cc1nc(N2CCC3(CCC[C@H]3N[S@](=O)C(C)(C)C)CC2)n2ccnc2c1-c1cnc(N)c(Cl)c1Cl.Cc1nc(N2CCC3(CCC[C@H]3N[S@](=O)C(C)(C)C)CC2)n2ccnc2c1Br.Cl.N/N=N/N.Nc1ncc(Br)c(Cl)c1Cl. The van der Waals surface area contributed by atoms with E-state index in [0.29, 0.717) is 69.1 Å². The standard InChI is InChI=1S/C25H33Cl2N7OS.C21H25Cl2N7.C20H30BrN5OS.2C11H15BCl2N2O2.C5H3BrCl2N2.ClH.H4N4/c1-15-18(16-14-30-21(28)20(27)19(16)26)22-29-10-13-34(22)23(31-15)33-11-8-25(9-12-33)7-5-6-17(25)32-36(35)24(2,3)4;1-12-15(13-11-27-18(25)17(23)16(13)22)19-26-7-10-30(19)20(28-12)29-8-5-21(6-9-29)4-2-3-14(21)24;1-14-16(21)17-22-10-13-26(17)18(23-14)25-11-8-20(9-12-25)7-5-6-15(20)24-28(27)19(2,3)4;2*1-10(2)11(3,4)18-12(17-10)6-5-16-9(15)8(14)7(6)13;6-2-1-10-5(9)4(8)3(2)7;;1-3-4-2/h10,13-14,17,32H,5-9,11-12H2,1-4H3,(H2,28,30);7,10-11,14H,2-6,8-9,24H2,1H3,(H2,25,27);10,13,15,24H,5-9,11-12H2,1-4H3;2*5H,1-4H3,(H2,15,16);1H,(H2,9,10);1H;(H2,1,4)(H2,2,3)/t17-,36-;14-;15-,28-;;;;;/m111...../s1. The first-order valence-electron chi connectivity index (χ1n) is 47.2. The number of nitrogens with one attached hydrogen (secondary N) is 2. The molecule has 0 aromatic carbocycles. The van der Waals surface area contributed by atoms with Gasteiger partial charge in [0.25, 0.3) is 0 Å². The zero-order chi connectivity index (χ0) is 106. The maximum atomic E-state index is 12.8. The van der Waals surface area contributed by atoms with Crippen LogP contribution >= 0.6 is 160 Å². The third-order valence-corrected chi connectivity index (χ3v) is 38.5. The lowest BCUT2D eigenvalue weighted by atomic mass is 9.74. The van der Waals surface area contributed by atoms with Crippen LogP contribution in [0.4, 0.5) is 46.9 Å². The van der Waals surface area contributed by atoms with Gasteiger partial charge >= 0.3 is 14.2 Å². The van der Waals surface area contributed by atoms with Gasteiger partial charge in [0.1, 0.15) is 65.5 Å². The molecule has 5 atom stereocenters. The quantitative estimate of drug-likeness (QED) is 0.0249. The third kappa shape index (κ3) is 24.9. The number of nitrogen functional groups attached to an aromatic ring is 5. The van der Waals surface area contributed by atoms with E-state index in [1.165, 1.54) is 57.1 Å². The summed E-state index contributed by atoms with van der Waals surface area (Å²) < 4.78 is 63.3. The first kappa shape index (κ1) is 117. The smallest absolute Gasteiger partial charge is 0.399 e. The Bertz CT molecular complexity index is 6450. The average Bonchev–Trinajstić information content (AvgIpc) is 1.70. The summed E-state index contributed by atoms with van der Waals surface area (Å²) in [5.41, 5.74) is 42.8. The Morgan fingerprint density at radius 3 is 1.02 bits per heavy atom. The van der Waals surface area contributed by atoms with E-state index < -0.39 is 58.6 Å². The molecule has 18 N–H and O–H groups in total. The number of fused-ring (bicyclic) bond motifs is 3. The Labute approximate surface area is 925 Å². The second-order valence-corrected chi connectivity index (χ2v) is 50.6. The van der Waals surface area contributed by atoms with Crippen molar-refractivity contribution in [1.82, 2.24) is 77.5 Å². The van der Waals surface area contributed by atoms with Crippen molar-refractivity contribution in [3.8, 4) is 22.3 Å². The number of hydrogen-bond donors (Lipinski definition) is 10. The highest BCUT2D eigenvalue weighted by atomic mass is 79.9. The molecule has 11 aromatic rings. The fourth-order valence-corrected chi connectivity index (χ4v) is 23.8. The predicted molar refractivity (Wildman–Crippen MR) is 603 cm³/mol. The predicted octanol–water partition coefficient (Wildman–Crippen LogP) is 20.1. The highest BCUT2D eigenvalue weighted by Gasteiger charge is 2.55. The molecular formula is C93H126B2Br2Cl11N29O6S2. The molecule has 3 saturated carbocycles. The Morgan fingerprint density at radius 2 is 0.697 bits per heavy atom. The third-order valence-electron chi connectivity index (χ3n) is 29.1. The molecule has 0 radical (unpaired) electrons. The van der Waals surface area contributed by atoms with Gasteiger partial charge in [-0.3, -0.25) is 13.2 Å². The van der Waals surface area contributed by atoms with Gasteiger partial charge in [0.15, 0.2) is 5.65 Å². The van der Waals surface area contributed by atoms with Crippen LogP contribution in [0.2, 0.25) is 50.2 Å². The van der Waals surface area contributed by atoms with Crippen LogP contribution in [0.25, 0.3) is 39.2 Å². The van der Waals surface area contributed by atoms with E-state index >= 15 is 0 Å². The Kier molecular flexibility index (Phi) is 38.0. The average molecular weight is 2380 g/mol. The van der Waals surface area contributed by atoms with Crippen LogP contribution in [0.1, 0.15) is 210 Å². The Hall–Kier alpha value is -6.49. The van der Waals surface area contributed by atoms with Gasteiger partial charge in [0, 0.05) is 159 Å². The van der Waals surface area contributed by atoms with Crippen LogP contribution in [0.15, 0.2) is 87.6 Å². The van der Waals surface area contributed by atoms with E-state index in [4.69, 9.17) is 184 Å². The topological polar surface area (TPSA) is 493 Å². The van der Waals surface area contributed by atoms with Crippen molar-refractivity contribution in [1.29, 1.82) is 0 Å². The molecule has 0 unspecified atom stereocenters. The molecule has 11 aromatic heterocycles. The van der Waals surface area contributed by atoms with E-state index in [9.17, 15) is 8.42 Å². The van der Waals surface area contributed by atoms with E-state index in [2.05, 4.69) is 122 Å². The number of nitrogens with zero attached hydrogens (tertiary/aromatic N) is 19. The molecule has 8 fully saturated rings. The Morgan fingerprint density at radius 1 is 0.407 bits per heavy atom. The van der Waals surface area contributed by atoms with Crippen molar-refractivity contribution in [3.05, 3.63) is 144 Å². The number of imidazole rings is 3. The number of pyridine rings is 5. The molecule has 3 spiro atoms. The number of anilines is 8. The molecular weight excluding hydrogens is 2250 g/mol. The highest BCUT2D eigenvalue weighted by Crippen LogP contribution is 2.53. The van der Waals surface area contributed by atoms with Crippen LogP contribution in [-0.2, 0) is 40.6 Å². The second-order valence-electron chi connectivity index (χ2n) is 41.2. The summed E-state index contributed by atoms with van der Waals surface area (Å²) in [6, 6.07) is 0.965. The fraction of sp³-hybridized carbons (Fsp3) is 0.538. The van der Waals surface area contributed by atoms with Crippen LogP contribution in [0.5, 0.6) is 0 Å². The number of aromatic nitrogens is 14. The Balaban J connectivity index is 0.000000159. The lowest BCUT2D eigenvalue weighted by molar-refractivity contribution is 0.00578. The zero-order valence-corrected chi connectivity index (χ0v) is 97.1. The van der Waals surface area contributed by atoms with Gasteiger partial charge in [0.2, 0.25) is 17.8 Å². The summed E-state index contributed by atoms with van der Waals surface area (Å²) in [6.45, 7) is 39.5. The number of nitrogens with two attached hydrogens (primary N) is 8. The van der Waals surface area contributed by atoms with E-state index in [0.717, 1.165) is 165 Å². The first-order chi connectivity index (χ1) is 67.5. The van der Waals surface area contributed by atoms with Gasteiger partial charge in [-0.25, -0.2) is 72.7 Å². The number of rotatable bonds is 11. The first-order valence-corrected chi connectivity index (χ1v) is 54.8. The minimum atomic E-state index is -1.06. The van der Waals surface area contributed by atoms with Gasteiger partial charge in [-0.05, 0) is 243 Å². The van der Waals surface area contributed by atoms with Crippen LogP contribution in [0, 0.1) is 37.0 Å². The van der Waals surface area contributed by atoms with Gasteiger partial charge < -0.3 is 79.4 Å². The van der Waals surface area contributed by atoms with Crippen molar-refractivity contribution in [3.63, 3.8) is 0 Å². The molecule has 145 heavy (non-hydrogen) atoms. The van der Waals surface area contributed by atoms with E-state index in [1.54, 1.807) is 24.8 Å². The van der Waals surface area contributed by atoms with Crippen molar-refractivity contribution in [2.45, 2.75) is 264 Å². The highest BCUT2D eigenvalue weighted by molar-refractivity contribution is 9.11. The fourth-order valence-electron chi connectivity index (χ4n) is 19.2. The molecule has 788 valence electrons. The van der Waals surface area contributed by atoms with Crippen molar-refractivity contribution < 1.29 is 27.0 Å². The summed E-state index contributed by atoms with van der Waals surface area (Å²) in [6.07, 6.45) is 36.2. The molecule has 8 aliphatic rings. The molecule has 0 amide bonds. The summed E-state index contributed by atoms with van der Waals surface area (Å²) in [7, 11) is -3.26. The van der Waals surface area contributed by atoms with Crippen molar-refractivity contribution in [2.75, 3.05) is 82.6 Å². The van der Waals surface area contributed by atoms with Gasteiger partial charge in [0.05, 0.1) is 105 Å². The van der Waals surface area contributed by atoms with Crippen molar-refractivity contribution in [2.24, 2.45) is 44.1 Å². The lowest BCUT2D eigenvalue weighted by Crippen LogP contribution is -2.51. The zero-order valence-electron chi connectivity index (χ0n) is 83.9. The number of aryl methyl sites for hydroxylation is 3. The van der Waals surface area contributed by atoms with Crippen LogP contribution in [-0.4, -0.2) is 180 Å². The lowest BCUT2D eigenvalue weighted by Gasteiger charge is -2.44. The minimum Gasteiger partial charge on any atom is -0.399 e. The normalized spacial score (nSPS) is 20.3. The van der Waals surface area contributed by atoms with Crippen LogP contribution in [0.3, 0.4) is 0 Å².